The number of benzene rings is 1. The van der Waals surface area contributed by atoms with Gasteiger partial charge in [0.15, 0.2) is 0 Å². The number of nitrogens with one attached hydrogen (secondary N) is 2. The molecule has 0 aliphatic carbocycles. The van der Waals surface area contributed by atoms with Gasteiger partial charge in [-0.15, -0.1) is 24.8 Å². The zero-order valence-corrected chi connectivity index (χ0v) is 18.5. The number of carbonyl (C=O) groups excluding carboxylic acids is 1. The van der Waals surface area contributed by atoms with Crippen LogP contribution < -0.4 is 15.5 Å². The van der Waals surface area contributed by atoms with Crippen LogP contribution in [0.5, 0.6) is 0 Å². The van der Waals surface area contributed by atoms with Gasteiger partial charge in [-0.25, -0.2) is 4.98 Å². The minimum Gasteiger partial charge on any atom is -0.363 e. The molecule has 1 fully saturated rings. The summed E-state index contributed by atoms with van der Waals surface area (Å²) < 4.78 is 0. The van der Waals surface area contributed by atoms with Crippen LogP contribution in [0.1, 0.15) is 31.7 Å². The molecule has 1 aromatic heterocycles. The number of hydrogen-bond acceptors (Lipinski definition) is 4. The molecule has 0 bridgehead atoms. The third-order valence-corrected chi connectivity index (χ3v) is 5.42. The highest BCUT2D eigenvalue weighted by molar-refractivity contribution is 5.86. The van der Waals surface area contributed by atoms with Crippen molar-refractivity contribution in [3.63, 3.8) is 0 Å². The zero-order valence-electron chi connectivity index (χ0n) is 16.9. The van der Waals surface area contributed by atoms with Crippen molar-refractivity contribution in [1.82, 2.24) is 15.6 Å². The second-order valence-corrected chi connectivity index (χ2v) is 7.60. The van der Waals surface area contributed by atoms with Gasteiger partial charge in [-0.05, 0) is 55.5 Å². The Kier molecular flexibility index (Phi) is 10.0. The van der Waals surface area contributed by atoms with Crippen molar-refractivity contribution < 1.29 is 4.79 Å². The Morgan fingerprint density at radius 1 is 1.25 bits per heavy atom. The van der Waals surface area contributed by atoms with Crippen molar-refractivity contribution in [3.05, 3.63) is 35.9 Å². The van der Waals surface area contributed by atoms with E-state index in [2.05, 4.69) is 34.7 Å². The molecule has 0 spiro atoms. The molecule has 1 amide bonds. The summed E-state index contributed by atoms with van der Waals surface area (Å²) in [6, 6.07) is 10.2. The van der Waals surface area contributed by atoms with Crippen LogP contribution in [-0.2, 0) is 11.3 Å². The van der Waals surface area contributed by atoms with Gasteiger partial charge < -0.3 is 15.5 Å². The van der Waals surface area contributed by atoms with Crippen molar-refractivity contribution in [2.24, 2.45) is 11.8 Å². The molecule has 7 heteroatoms. The number of para-hydroxylation sites is 1. The summed E-state index contributed by atoms with van der Waals surface area (Å²) in [4.78, 5) is 19.1. The summed E-state index contributed by atoms with van der Waals surface area (Å²) in [5.41, 5.74) is 2.08. The lowest BCUT2D eigenvalue weighted by atomic mass is 9.84. The van der Waals surface area contributed by atoms with Crippen molar-refractivity contribution in [1.29, 1.82) is 0 Å². The van der Waals surface area contributed by atoms with Crippen LogP contribution in [0, 0.1) is 11.8 Å². The molecule has 3 rings (SSSR count). The van der Waals surface area contributed by atoms with Crippen molar-refractivity contribution in [3.8, 4) is 0 Å². The average Bonchev–Trinajstić information content (AvgIpc) is 2.66. The Morgan fingerprint density at radius 2 is 1.93 bits per heavy atom. The van der Waals surface area contributed by atoms with Crippen LogP contribution in [0.25, 0.3) is 10.9 Å². The minimum absolute atomic E-state index is 0. The second kappa shape index (κ2) is 11.4. The summed E-state index contributed by atoms with van der Waals surface area (Å²) in [5, 5.41) is 7.62. The van der Waals surface area contributed by atoms with E-state index in [4.69, 9.17) is 0 Å². The van der Waals surface area contributed by atoms with Crippen LogP contribution in [0.4, 0.5) is 5.82 Å². The van der Waals surface area contributed by atoms with E-state index < -0.39 is 0 Å². The molecule has 1 saturated heterocycles. The summed E-state index contributed by atoms with van der Waals surface area (Å²) >= 11 is 0. The van der Waals surface area contributed by atoms with Gasteiger partial charge in [-0.2, -0.15) is 0 Å². The molecule has 1 atom stereocenters. The van der Waals surface area contributed by atoms with E-state index in [-0.39, 0.29) is 30.7 Å². The molecule has 1 aliphatic heterocycles. The van der Waals surface area contributed by atoms with Crippen molar-refractivity contribution in [2.75, 3.05) is 32.1 Å². The SMILES string of the molecule is CC(CC(=O)NCc1cc(N(C)C)nc2ccccc12)C1CCNCC1.Cl.Cl. The topological polar surface area (TPSA) is 57.3 Å². The summed E-state index contributed by atoms with van der Waals surface area (Å²) in [6.07, 6.45) is 2.96. The van der Waals surface area contributed by atoms with E-state index in [0.717, 1.165) is 35.4 Å². The number of piperidine rings is 1. The predicted molar refractivity (Wildman–Crippen MR) is 122 cm³/mol. The molecule has 5 nitrogen and oxygen atoms in total. The van der Waals surface area contributed by atoms with Gasteiger partial charge in [-0.3, -0.25) is 4.79 Å². The first-order chi connectivity index (χ1) is 12.5. The highest BCUT2D eigenvalue weighted by Gasteiger charge is 2.22. The van der Waals surface area contributed by atoms with Crippen LogP contribution in [0.3, 0.4) is 0 Å². The van der Waals surface area contributed by atoms with Gasteiger partial charge in [0, 0.05) is 32.4 Å². The standard InChI is InChI=1S/C21H30N4O.2ClH/c1-15(16-8-10-22-11-9-16)12-21(26)23-14-17-13-20(25(2)3)24-19-7-5-4-6-18(17)19;;/h4-7,13,15-16,22H,8-12,14H2,1-3H3,(H,23,26);2*1H. The molecule has 156 valence electrons. The quantitative estimate of drug-likeness (QED) is 0.737. The Labute approximate surface area is 180 Å². The lowest BCUT2D eigenvalue weighted by Gasteiger charge is -2.27. The molecule has 2 N–H and O–H groups in total. The van der Waals surface area contributed by atoms with Crippen molar-refractivity contribution >= 4 is 47.4 Å². The fourth-order valence-corrected chi connectivity index (χ4v) is 3.75. The molecule has 1 unspecified atom stereocenters. The number of amides is 1. The van der Waals surface area contributed by atoms with Gasteiger partial charge in [0.1, 0.15) is 5.82 Å². The first kappa shape index (κ1) is 24.5. The first-order valence-electron chi connectivity index (χ1n) is 9.58. The van der Waals surface area contributed by atoms with Gasteiger partial charge in [0.2, 0.25) is 5.91 Å². The average molecular weight is 427 g/mol. The zero-order chi connectivity index (χ0) is 18.5. The van der Waals surface area contributed by atoms with E-state index in [1.165, 1.54) is 12.8 Å². The predicted octanol–water partition coefficient (Wildman–Crippen LogP) is 3.79. The van der Waals surface area contributed by atoms with Crippen LogP contribution >= 0.6 is 24.8 Å². The van der Waals surface area contributed by atoms with Gasteiger partial charge >= 0.3 is 0 Å². The molecule has 0 saturated carbocycles. The van der Waals surface area contributed by atoms with Gasteiger partial charge in [-0.1, -0.05) is 25.1 Å². The highest BCUT2D eigenvalue weighted by atomic mass is 35.5. The maximum atomic E-state index is 12.5. The van der Waals surface area contributed by atoms with E-state index in [1.807, 2.05) is 37.2 Å². The molecule has 2 aromatic rings. The molecule has 1 aromatic carbocycles. The summed E-state index contributed by atoms with van der Waals surface area (Å²) in [7, 11) is 3.97. The molecule has 1 aliphatic rings. The smallest absolute Gasteiger partial charge is 0.220 e. The third kappa shape index (κ3) is 6.23. The number of halogens is 2. The number of anilines is 1. The number of carbonyl (C=O) groups is 1. The number of hydrogen-bond donors (Lipinski definition) is 2. The van der Waals surface area contributed by atoms with E-state index in [0.29, 0.717) is 24.8 Å². The second-order valence-electron chi connectivity index (χ2n) is 7.60. The monoisotopic (exact) mass is 426 g/mol. The maximum Gasteiger partial charge on any atom is 0.220 e. The molecule has 2 heterocycles. The largest absolute Gasteiger partial charge is 0.363 e. The Morgan fingerprint density at radius 3 is 2.61 bits per heavy atom. The van der Waals surface area contributed by atoms with E-state index >= 15 is 0 Å². The Hall–Kier alpha value is -1.56. The summed E-state index contributed by atoms with van der Waals surface area (Å²) in [5.74, 6) is 2.15. The Bertz CT molecular complexity index is 763. The Balaban J connectivity index is 0.00000196. The van der Waals surface area contributed by atoms with Crippen LogP contribution in [0.2, 0.25) is 0 Å². The summed E-state index contributed by atoms with van der Waals surface area (Å²) in [6.45, 7) is 4.91. The van der Waals surface area contributed by atoms with Crippen LogP contribution in [-0.4, -0.2) is 38.1 Å². The molecule has 0 radical (unpaired) electrons. The number of fused-ring (bicyclic) bond motifs is 1. The van der Waals surface area contributed by atoms with E-state index in [9.17, 15) is 4.79 Å². The van der Waals surface area contributed by atoms with Crippen LogP contribution in [0.15, 0.2) is 30.3 Å². The fraction of sp³-hybridized carbons (Fsp3) is 0.524. The fourth-order valence-electron chi connectivity index (χ4n) is 3.75. The normalized spacial score (nSPS) is 15.2. The number of pyridine rings is 1. The number of aromatic nitrogens is 1. The molecule has 28 heavy (non-hydrogen) atoms. The minimum atomic E-state index is 0. The lowest BCUT2D eigenvalue weighted by molar-refractivity contribution is -0.122. The molecular weight excluding hydrogens is 395 g/mol. The maximum absolute atomic E-state index is 12.5. The first-order valence-corrected chi connectivity index (χ1v) is 9.58. The number of rotatable bonds is 6. The lowest BCUT2D eigenvalue weighted by Crippen LogP contribution is -2.33. The molecular formula is C21H32Cl2N4O. The van der Waals surface area contributed by atoms with Gasteiger partial charge in [0.05, 0.1) is 5.52 Å². The van der Waals surface area contributed by atoms with E-state index in [1.54, 1.807) is 0 Å². The van der Waals surface area contributed by atoms with Gasteiger partial charge in [0.25, 0.3) is 0 Å². The highest BCUT2D eigenvalue weighted by Crippen LogP contribution is 2.25. The third-order valence-electron chi connectivity index (χ3n) is 5.42. The van der Waals surface area contributed by atoms with Crippen molar-refractivity contribution in [2.45, 2.75) is 32.7 Å². The number of nitrogens with zero attached hydrogens (tertiary/aromatic N) is 2.